The van der Waals surface area contributed by atoms with Crippen molar-refractivity contribution in [2.75, 3.05) is 0 Å². The lowest BCUT2D eigenvalue weighted by Gasteiger charge is -2.37. The molecule has 0 unspecified atom stereocenters. The minimum Gasteiger partial charge on any atom is -0.480 e. The van der Waals surface area contributed by atoms with Crippen molar-refractivity contribution < 1.29 is 14.7 Å². The molecule has 0 aliphatic heterocycles. The van der Waals surface area contributed by atoms with Crippen LogP contribution in [-0.2, 0) is 22.7 Å². The summed E-state index contributed by atoms with van der Waals surface area (Å²) in [7, 11) is 0. The number of nitrogens with zero attached hydrogens (tertiary/aromatic N) is 3. The van der Waals surface area contributed by atoms with Crippen LogP contribution >= 0.6 is 0 Å². The van der Waals surface area contributed by atoms with Crippen molar-refractivity contribution in [1.82, 2.24) is 20.3 Å². The number of rotatable bonds is 6. The summed E-state index contributed by atoms with van der Waals surface area (Å²) in [6.07, 6.45) is 4.66. The first kappa shape index (κ1) is 13.5. The van der Waals surface area contributed by atoms with Gasteiger partial charge < -0.3 is 16.2 Å². The van der Waals surface area contributed by atoms with Crippen LogP contribution in [0.3, 0.4) is 0 Å². The second-order valence-electron chi connectivity index (χ2n) is 4.97. The number of aromatic nitrogens is 3. The Labute approximate surface area is 110 Å². The number of hydrogen-bond donors (Lipinski definition) is 3. The summed E-state index contributed by atoms with van der Waals surface area (Å²) in [4.78, 5) is 22.1. The molecule has 2 rings (SSSR count). The monoisotopic (exact) mass is 267 g/mol. The average Bonchev–Trinajstić information content (AvgIpc) is 2.71. The summed E-state index contributed by atoms with van der Waals surface area (Å²) in [5, 5.41) is 18.7. The Balaban J connectivity index is 1.76. The zero-order valence-electron chi connectivity index (χ0n) is 10.5. The molecule has 1 fully saturated rings. The van der Waals surface area contributed by atoms with Crippen molar-refractivity contribution in [3.8, 4) is 0 Å². The van der Waals surface area contributed by atoms with Gasteiger partial charge in [-0.15, -0.1) is 5.10 Å². The van der Waals surface area contributed by atoms with E-state index in [1.54, 1.807) is 0 Å². The van der Waals surface area contributed by atoms with E-state index in [1.165, 1.54) is 10.9 Å². The second-order valence-corrected chi connectivity index (χ2v) is 4.97. The molecule has 1 saturated carbocycles. The lowest BCUT2D eigenvalue weighted by Crippen LogP contribution is -2.49. The van der Waals surface area contributed by atoms with E-state index in [0.717, 1.165) is 19.3 Å². The van der Waals surface area contributed by atoms with Crippen molar-refractivity contribution in [3.63, 3.8) is 0 Å². The minimum absolute atomic E-state index is 0.116. The predicted molar refractivity (Wildman–Crippen MR) is 64.9 cm³/mol. The lowest BCUT2D eigenvalue weighted by molar-refractivity contribution is -0.138. The highest BCUT2D eigenvalue weighted by atomic mass is 16.4. The maximum atomic E-state index is 11.7. The molecular formula is C11H17N5O3. The molecule has 8 heteroatoms. The summed E-state index contributed by atoms with van der Waals surface area (Å²) >= 11 is 0. The molecular weight excluding hydrogens is 250 g/mol. The van der Waals surface area contributed by atoms with Gasteiger partial charge in [0.25, 0.3) is 0 Å². The molecule has 0 atom stereocenters. The van der Waals surface area contributed by atoms with Crippen LogP contribution in [0.2, 0.25) is 0 Å². The first-order valence-electron chi connectivity index (χ1n) is 6.13. The molecule has 19 heavy (non-hydrogen) atoms. The zero-order valence-corrected chi connectivity index (χ0v) is 10.5. The van der Waals surface area contributed by atoms with Crippen molar-refractivity contribution >= 4 is 11.9 Å². The van der Waals surface area contributed by atoms with Gasteiger partial charge in [0.15, 0.2) is 0 Å². The van der Waals surface area contributed by atoms with E-state index in [1.807, 2.05) is 0 Å². The van der Waals surface area contributed by atoms with Crippen LogP contribution in [0.1, 0.15) is 31.4 Å². The number of carboxylic acids is 1. The Morgan fingerprint density at radius 3 is 2.84 bits per heavy atom. The summed E-state index contributed by atoms with van der Waals surface area (Å²) in [5.41, 5.74) is 6.15. The molecule has 0 spiro atoms. The Morgan fingerprint density at radius 1 is 1.53 bits per heavy atom. The van der Waals surface area contributed by atoms with E-state index in [-0.39, 0.29) is 24.5 Å². The highest BCUT2D eigenvalue weighted by Gasteiger charge is 2.34. The number of nitrogens with one attached hydrogen (secondary N) is 1. The summed E-state index contributed by atoms with van der Waals surface area (Å²) in [6, 6.07) is 0. The quantitative estimate of drug-likeness (QED) is 0.623. The third-order valence-corrected chi connectivity index (χ3v) is 3.21. The van der Waals surface area contributed by atoms with Crippen LogP contribution in [0.4, 0.5) is 0 Å². The van der Waals surface area contributed by atoms with Crippen LogP contribution in [0, 0.1) is 0 Å². The zero-order chi connectivity index (χ0) is 13.9. The highest BCUT2D eigenvalue weighted by Crippen LogP contribution is 2.31. The third-order valence-electron chi connectivity index (χ3n) is 3.21. The Kier molecular flexibility index (Phi) is 3.79. The summed E-state index contributed by atoms with van der Waals surface area (Å²) in [5.74, 6) is -1.11. The van der Waals surface area contributed by atoms with Crippen LogP contribution in [0.25, 0.3) is 0 Å². The second kappa shape index (κ2) is 5.35. The fourth-order valence-corrected chi connectivity index (χ4v) is 2.01. The van der Waals surface area contributed by atoms with Gasteiger partial charge in [-0.3, -0.25) is 9.59 Å². The first-order chi connectivity index (χ1) is 8.97. The number of amides is 1. The number of aliphatic carboxylic acids is 1. The molecule has 1 aliphatic carbocycles. The number of carbonyl (C=O) groups is 2. The summed E-state index contributed by atoms with van der Waals surface area (Å²) < 4.78 is 1.21. The van der Waals surface area contributed by atoms with Crippen molar-refractivity contribution in [2.24, 2.45) is 5.73 Å². The molecule has 104 valence electrons. The van der Waals surface area contributed by atoms with Gasteiger partial charge in [-0.2, -0.15) is 0 Å². The molecule has 1 aliphatic rings. The van der Waals surface area contributed by atoms with E-state index >= 15 is 0 Å². The molecule has 1 aromatic heterocycles. The van der Waals surface area contributed by atoms with E-state index in [9.17, 15) is 9.59 Å². The molecule has 4 N–H and O–H groups in total. The van der Waals surface area contributed by atoms with E-state index in [4.69, 9.17) is 10.8 Å². The topological polar surface area (TPSA) is 123 Å². The molecule has 0 saturated heterocycles. The minimum atomic E-state index is -0.990. The molecule has 0 aromatic carbocycles. The predicted octanol–water partition coefficient (Wildman–Crippen LogP) is -0.750. The molecule has 1 amide bonds. The van der Waals surface area contributed by atoms with Gasteiger partial charge >= 0.3 is 5.97 Å². The van der Waals surface area contributed by atoms with Crippen LogP contribution < -0.4 is 11.1 Å². The van der Waals surface area contributed by atoms with Gasteiger partial charge in [0.05, 0.1) is 12.7 Å². The Hall–Kier alpha value is -1.96. The van der Waals surface area contributed by atoms with Crippen molar-refractivity contribution in [2.45, 2.75) is 44.3 Å². The number of nitrogens with two attached hydrogens (primary N) is 1. The Bertz CT molecular complexity index is 480. The fourth-order valence-electron chi connectivity index (χ4n) is 2.01. The normalized spacial score (nSPS) is 16.7. The van der Waals surface area contributed by atoms with Gasteiger partial charge in [-0.1, -0.05) is 5.21 Å². The largest absolute Gasteiger partial charge is 0.480 e. The van der Waals surface area contributed by atoms with Crippen LogP contribution in [0.5, 0.6) is 0 Å². The molecule has 1 aromatic rings. The van der Waals surface area contributed by atoms with Gasteiger partial charge in [0, 0.05) is 12.0 Å². The first-order valence-corrected chi connectivity index (χ1v) is 6.13. The average molecular weight is 267 g/mol. The van der Waals surface area contributed by atoms with Crippen molar-refractivity contribution in [1.29, 1.82) is 0 Å². The van der Waals surface area contributed by atoms with E-state index in [0.29, 0.717) is 12.1 Å². The van der Waals surface area contributed by atoms with Gasteiger partial charge in [-0.05, 0) is 19.3 Å². The number of carboxylic acid groups (broad SMARTS) is 1. The van der Waals surface area contributed by atoms with E-state index < -0.39 is 5.97 Å². The molecule has 0 radical (unpaired) electrons. The smallest absolute Gasteiger partial charge is 0.325 e. The maximum Gasteiger partial charge on any atom is 0.325 e. The number of hydrogen-bond acceptors (Lipinski definition) is 5. The lowest BCUT2D eigenvalue weighted by atomic mass is 9.75. The van der Waals surface area contributed by atoms with Crippen molar-refractivity contribution in [3.05, 3.63) is 11.9 Å². The third kappa shape index (κ3) is 3.75. The number of carbonyl (C=O) groups excluding carboxylic acids is 1. The fraction of sp³-hybridized carbons (Fsp3) is 0.636. The summed E-state index contributed by atoms with van der Waals surface area (Å²) in [6.45, 7) is -0.0125. The van der Waals surface area contributed by atoms with Gasteiger partial charge in [0.2, 0.25) is 5.91 Å². The maximum absolute atomic E-state index is 11.7. The molecule has 1 heterocycles. The van der Waals surface area contributed by atoms with Crippen LogP contribution in [0.15, 0.2) is 6.20 Å². The standard InChI is InChI=1S/C11H17N5O3/c12-11(2-1-3-11)4-9(17)13-5-8-6-16(15-14-8)7-10(18)19/h6H,1-5,7,12H2,(H,13,17)(H,18,19). The van der Waals surface area contributed by atoms with Gasteiger partial charge in [-0.25, -0.2) is 4.68 Å². The highest BCUT2D eigenvalue weighted by molar-refractivity contribution is 5.77. The molecule has 0 bridgehead atoms. The van der Waals surface area contributed by atoms with Crippen LogP contribution in [-0.4, -0.2) is 37.5 Å². The Morgan fingerprint density at radius 2 is 2.26 bits per heavy atom. The van der Waals surface area contributed by atoms with Gasteiger partial charge in [0.1, 0.15) is 12.2 Å². The van der Waals surface area contributed by atoms with E-state index in [2.05, 4.69) is 15.6 Å². The SMILES string of the molecule is NC1(CC(=O)NCc2cn(CC(=O)O)nn2)CCC1. The molecule has 8 nitrogen and oxygen atoms in total.